The van der Waals surface area contributed by atoms with Crippen molar-refractivity contribution >= 4 is 17.3 Å². The summed E-state index contributed by atoms with van der Waals surface area (Å²) in [6.07, 6.45) is 1.46. The normalized spacial score (nSPS) is 10.3. The molecule has 2 aromatic heterocycles. The van der Waals surface area contributed by atoms with Crippen molar-refractivity contribution in [2.24, 2.45) is 0 Å². The van der Waals surface area contributed by atoms with Crippen LogP contribution in [0.4, 0.5) is 0 Å². The Morgan fingerprint density at radius 2 is 1.90 bits per heavy atom. The molecule has 3 aromatic rings. The predicted molar refractivity (Wildman–Crippen MR) is 79.9 cm³/mol. The smallest absolute Gasteiger partial charge is 0.308 e. The van der Waals surface area contributed by atoms with Crippen LogP contribution in [0.3, 0.4) is 0 Å². The topological polar surface area (TPSA) is 65.0 Å². The first-order valence-electron chi connectivity index (χ1n) is 6.25. The van der Waals surface area contributed by atoms with Crippen LogP contribution in [0.15, 0.2) is 48.1 Å². The SMILES string of the molecule is CC(=O)Oc1ccccc1-c1ncnc(-c2cccs2)n1. The van der Waals surface area contributed by atoms with Crippen LogP contribution < -0.4 is 4.74 Å². The van der Waals surface area contributed by atoms with Crippen LogP contribution in [0.5, 0.6) is 5.75 Å². The van der Waals surface area contributed by atoms with Crippen molar-refractivity contribution < 1.29 is 9.53 Å². The minimum absolute atomic E-state index is 0.380. The average Bonchev–Trinajstić information content (AvgIpc) is 3.02. The molecule has 0 atom stereocenters. The predicted octanol–water partition coefficient (Wildman–Crippen LogP) is 3.19. The molecule has 6 heteroatoms. The lowest BCUT2D eigenvalue weighted by molar-refractivity contribution is -0.131. The van der Waals surface area contributed by atoms with E-state index in [1.807, 2.05) is 29.6 Å². The summed E-state index contributed by atoms with van der Waals surface area (Å²) in [5.74, 6) is 1.14. The fraction of sp³-hybridized carbons (Fsp3) is 0.0667. The molecule has 0 aliphatic carbocycles. The molecule has 0 N–H and O–H groups in total. The van der Waals surface area contributed by atoms with Gasteiger partial charge in [-0.1, -0.05) is 18.2 Å². The van der Waals surface area contributed by atoms with Crippen LogP contribution in [-0.4, -0.2) is 20.9 Å². The highest BCUT2D eigenvalue weighted by molar-refractivity contribution is 7.13. The molecule has 0 fully saturated rings. The van der Waals surface area contributed by atoms with Gasteiger partial charge in [0.15, 0.2) is 11.6 Å². The molecule has 0 aliphatic rings. The number of hydrogen-bond donors (Lipinski definition) is 0. The van der Waals surface area contributed by atoms with E-state index in [9.17, 15) is 4.79 Å². The lowest BCUT2D eigenvalue weighted by atomic mass is 10.2. The second kappa shape index (κ2) is 5.80. The maximum absolute atomic E-state index is 11.2. The van der Waals surface area contributed by atoms with Crippen molar-refractivity contribution in [2.75, 3.05) is 0 Å². The highest BCUT2D eigenvalue weighted by atomic mass is 32.1. The summed E-state index contributed by atoms with van der Waals surface area (Å²) in [5.41, 5.74) is 0.660. The number of rotatable bonds is 3. The Bertz CT molecular complexity index is 772. The third-order valence-electron chi connectivity index (χ3n) is 2.70. The van der Waals surface area contributed by atoms with Gasteiger partial charge in [-0.15, -0.1) is 11.3 Å². The van der Waals surface area contributed by atoms with Crippen LogP contribution in [0, 0.1) is 0 Å². The molecule has 104 valence electrons. The molecule has 1 aromatic carbocycles. The minimum Gasteiger partial charge on any atom is -0.426 e. The lowest BCUT2D eigenvalue weighted by Gasteiger charge is -2.07. The van der Waals surface area contributed by atoms with Gasteiger partial charge in [0, 0.05) is 6.92 Å². The van der Waals surface area contributed by atoms with Crippen molar-refractivity contribution in [3.63, 3.8) is 0 Å². The van der Waals surface area contributed by atoms with E-state index in [-0.39, 0.29) is 5.97 Å². The Labute approximate surface area is 125 Å². The van der Waals surface area contributed by atoms with E-state index in [0.717, 1.165) is 4.88 Å². The molecule has 0 bridgehead atoms. The molecule has 3 rings (SSSR count). The number of benzene rings is 1. The van der Waals surface area contributed by atoms with Crippen molar-refractivity contribution in [3.05, 3.63) is 48.1 Å². The van der Waals surface area contributed by atoms with E-state index < -0.39 is 0 Å². The number of esters is 1. The maximum Gasteiger partial charge on any atom is 0.308 e. The Morgan fingerprint density at radius 3 is 2.67 bits per heavy atom. The van der Waals surface area contributed by atoms with Crippen molar-refractivity contribution in [2.45, 2.75) is 6.92 Å². The molecule has 0 aliphatic heterocycles. The molecule has 0 radical (unpaired) electrons. The first-order valence-corrected chi connectivity index (χ1v) is 7.13. The van der Waals surface area contributed by atoms with Gasteiger partial charge >= 0.3 is 5.97 Å². The van der Waals surface area contributed by atoms with Gasteiger partial charge in [0.2, 0.25) is 0 Å². The van der Waals surface area contributed by atoms with E-state index in [1.165, 1.54) is 13.3 Å². The van der Waals surface area contributed by atoms with Crippen LogP contribution >= 0.6 is 11.3 Å². The Kier molecular flexibility index (Phi) is 3.70. The number of thiophene rings is 1. The Hall–Kier alpha value is -2.60. The fourth-order valence-corrected chi connectivity index (χ4v) is 2.51. The van der Waals surface area contributed by atoms with Crippen LogP contribution in [0.25, 0.3) is 22.1 Å². The molecule has 0 unspecified atom stereocenters. The molecule has 0 saturated heterocycles. The quantitative estimate of drug-likeness (QED) is 0.548. The molecule has 0 amide bonds. The van der Waals surface area contributed by atoms with E-state index in [4.69, 9.17) is 4.74 Å². The Morgan fingerprint density at radius 1 is 1.10 bits per heavy atom. The fourth-order valence-electron chi connectivity index (χ4n) is 1.85. The van der Waals surface area contributed by atoms with Gasteiger partial charge in [-0.3, -0.25) is 4.79 Å². The van der Waals surface area contributed by atoms with Gasteiger partial charge in [-0.05, 0) is 23.6 Å². The van der Waals surface area contributed by atoms with Crippen molar-refractivity contribution in [3.8, 4) is 27.8 Å². The monoisotopic (exact) mass is 297 g/mol. The summed E-state index contributed by atoms with van der Waals surface area (Å²) in [4.78, 5) is 24.9. The summed E-state index contributed by atoms with van der Waals surface area (Å²) in [6.45, 7) is 1.36. The third kappa shape index (κ3) is 2.95. The largest absolute Gasteiger partial charge is 0.426 e. The zero-order chi connectivity index (χ0) is 14.7. The maximum atomic E-state index is 11.2. The first kappa shape index (κ1) is 13.4. The van der Waals surface area contributed by atoms with Gasteiger partial charge in [-0.2, -0.15) is 0 Å². The summed E-state index contributed by atoms with van der Waals surface area (Å²) in [5, 5.41) is 1.96. The molecular weight excluding hydrogens is 286 g/mol. The van der Waals surface area contributed by atoms with Gasteiger partial charge < -0.3 is 4.74 Å². The number of aromatic nitrogens is 3. The second-order valence-corrected chi connectivity index (χ2v) is 5.15. The number of carbonyl (C=O) groups is 1. The van der Waals surface area contributed by atoms with Gasteiger partial charge in [0.1, 0.15) is 12.1 Å². The first-order chi connectivity index (χ1) is 10.2. The minimum atomic E-state index is -0.380. The van der Waals surface area contributed by atoms with E-state index in [0.29, 0.717) is 23.0 Å². The zero-order valence-corrected chi connectivity index (χ0v) is 12.0. The van der Waals surface area contributed by atoms with E-state index in [1.54, 1.807) is 23.5 Å². The van der Waals surface area contributed by atoms with E-state index in [2.05, 4.69) is 15.0 Å². The molecule has 2 heterocycles. The van der Waals surface area contributed by atoms with Crippen molar-refractivity contribution in [1.29, 1.82) is 0 Å². The summed E-state index contributed by atoms with van der Waals surface area (Å²) in [7, 11) is 0. The van der Waals surface area contributed by atoms with Gasteiger partial charge in [-0.25, -0.2) is 15.0 Å². The second-order valence-electron chi connectivity index (χ2n) is 4.20. The number of para-hydroxylation sites is 1. The van der Waals surface area contributed by atoms with Crippen LogP contribution in [-0.2, 0) is 4.79 Å². The van der Waals surface area contributed by atoms with Gasteiger partial charge in [0.25, 0.3) is 0 Å². The number of hydrogen-bond acceptors (Lipinski definition) is 6. The van der Waals surface area contributed by atoms with Crippen LogP contribution in [0.1, 0.15) is 6.92 Å². The molecular formula is C15H11N3O2S. The summed E-state index contributed by atoms with van der Waals surface area (Å²) < 4.78 is 5.19. The summed E-state index contributed by atoms with van der Waals surface area (Å²) in [6, 6.07) is 11.1. The standard InChI is InChI=1S/C15H11N3O2S/c1-10(19)20-12-6-3-2-5-11(12)14-16-9-17-15(18-14)13-7-4-8-21-13/h2-9H,1H3. The Balaban J connectivity index is 2.05. The molecule has 0 spiro atoms. The average molecular weight is 297 g/mol. The number of nitrogens with zero attached hydrogens (tertiary/aromatic N) is 3. The number of carbonyl (C=O) groups excluding carboxylic acids is 1. The third-order valence-corrected chi connectivity index (χ3v) is 3.56. The number of ether oxygens (including phenoxy) is 1. The lowest BCUT2D eigenvalue weighted by Crippen LogP contribution is -2.03. The van der Waals surface area contributed by atoms with Crippen molar-refractivity contribution in [1.82, 2.24) is 15.0 Å². The van der Waals surface area contributed by atoms with Crippen LogP contribution in [0.2, 0.25) is 0 Å². The van der Waals surface area contributed by atoms with E-state index >= 15 is 0 Å². The zero-order valence-electron chi connectivity index (χ0n) is 11.2. The highest BCUT2D eigenvalue weighted by Crippen LogP contribution is 2.28. The highest BCUT2D eigenvalue weighted by Gasteiger charge is 2.12. The molecule has 0 saturated carbocycles. The summed E-state index contributed by atoms with van der Waals surface area (Å²) >= 11 is 1.56. The van der Waals surface area contributed by atoms with Gasteiger partial charge in [0.05, 0.1) is 10.4 Å². The molecule has 21 heavy (non-hydrogen) atoms. The molecule has 5 nitrogen and oxygen atoms in total.